The summed E-state index contributed by atoms with van der Waals surface area (Å²) < 4.78 is 5.81. The fraction of sp³-hybridized carbons (Fsp3) is 0.467. The van der Waals surface area contributed by atoms with Gasteiger partial charge in [-0.2, -0.15) is 5.10 Å². The molecule has 2 aromatic heterocycles. The average molecular weight is 348 g/mol. The van der Waals surface area contributed by atoms with Gasteiger partial charge < -0.3 is 15.0 Å². The number of ether oxygens (including phenoxy) is 1. The predicted molar refractivity (Wildman–Crippen MR) is 92.2 cm³/mol. The number of amides is 1. The van der Waals surface area contributed by atoms with Crippen LogP contribution in [-0.2, 0) is 9.53 Å². The molecule has 8 nitrogen and oxygen atoms in total. The molecule has 0 saturated carbocycles. The van der Waals surface area contributed by atoms with Gasteiger partial charge in [0.1, 0.15) is 0 Å². The van der Waals surface area contributed by atoms with Gasteiger partial charge in [0.25, 0.3) is 0 Å². The number of hydrogen-bond acceptors (Lipinski definition) is 8. The molecule has 0 unspecified atom stereocenters. The summed E-state index contributed by atoms with van der Waals surface area (Å²) in [5.74, 6) is 0.757. The van der Waals surface area contributed by atoms with Crippen molar-refractivity contribution in [2.75, 3.05) is 50.1 Å². The average Bonchev–Trinajstić information content (AvgIpc) is 3.08. The first-order chi connectivity index (χ1) is 11.7. The normalized spacial score (nSPS) is 18.3. The fourth-order valence-electron chi connectivity index (χ4n) is 2.58. The second kappa shape index (κ2) is 8.13. The highest BCUT2D eigenvalue weighted by atomic mass is 32.1. The second-order valence-corrected chi connectivity index (χ2v) is 6.47. The molecule has 3 rings (SSSR count). The molecule has 2 aromatic rings. The molecule has 9 heteroatoms. The minimum atomic E-state index is -0.0483. The third-order valence-electron chi connectivity index (χ3n) is 3.70. The lowest BCUT2D eigenvalue weighted by atomic mass is 10.2. The maximum absolute atomic E-state index is 12.1. The van der Waals surface area contributed by atoms with Crippen LogP contribution in [0.1, 0.15) is 0 Å². The summed E-state index contributed by atoms with van der Waals surface area (Å²) in [6, 6.07) is 3.77. The van der Waals surface area contributed by atoms with E-state index in [1.54, 1.807) is 12.4 Å². The van der Waals surface area contributed by atoms with Crippen molar-refractivity contribution in [3.63, 3.8) is 0 Å². The first-order valence-electron chi connectivity index (χ1n) is 7.73. The molecule has 0 bridgehead atoms. The minimum Gasteiger partial charge on any atom is -0.374 e. The Bertz CT molecular complexity index is 639. The third-order valence-corrected chi connectivity index (χ3v) is 4.38. The number of nitrogens with one attached hydrogen (secondary N) is 1. The standard InChI is InChI=1S/C15H20N6O2S/c1-20(13-3-2-4-17-19-13)9-12-10-21(6-7-23-12)11-14(22)18-15-16-5-8-24-15/h2-5,8,12H,6-7,9-11H2,1H3,(H,16,18,22)/t12-/m1/s1. The second-order valence-electron chi connectivity index (χ2n) is 5.58. The summed E-state index contributed by atoms with van der Waals surface area (Å²) in [7, 11) is 1.96. The zero-order chi connectivity index (χ0) is 16.8. The highest BCUT2D eigenvalue weighted by Gasteiger charge is 2.23. The Labute approximate surface area is 144 Å². The zero-order valence-corrected chi connectivity index (χ0v) is 14.3. The van der Waals surface area contributed by atoms with E-state index < -0.39 is 0 Å². The quantitative estimate of drug-likeness (QED) is 0.823. The Balaban J connectivity index is 1.48. The predicted octanol–water partition coefficient (Wildman–Crippen LogP) is 0.709. The van der Waals surface area contributed by atoms with Crippen LogP contribution in [0.3, 0.4) is 0 Å². The molecule has 128 valence electrons. The van der Waals surface area contributed by atoms with E-state index in [-0.39, 0.29) is 12.0 Å². The molecule has 1 amide bonds. The van der Waals surface area contributed by atoms with Gasteiger partial charge in [-0.25, -0.2) is 4.98 Å². The Morgan fingerprint density at radius 3 is 3.21 bits per heavy atom. The van der Waals surface area contributed by atoms with E-state index in [4.69, 9.17) is 4.74 Å². The van der Waals surface area contributed by atoms with Crippen molar-refractivity contribution in [2.24, 2.45) is 0 Å². The van der Waals surface area contributed by atoms with Gasteiger partial charge in [0.2, 0.25) is 5.91 Å². The molecule has 0 aliphatic carbocycles. The largest absolute Gasteiger partial charge is 0.374 e. The summed E-state index contributed by atoms with van der Waals surface area (Å²) in [5, 5.41) is 13.3. The maximum Gasteiger partial charge on any atom is 0.240 e. The molecule has 1 fully saturated rings. The Morgan fingerprint density at radius 2 is 2.46 bits per heavy atom. The van der Waals surface area contributed by atoms with Gasteiger partial charge in [0, 0.05) is 44.5 Å². The van der Waals surface area contributed by atoms with E-state index in [1.165, 1.54) is 11.3 Å². The molecule has 1 saturated heterocycles. The lowest BCUT2D eigenvalue weighted by molar-refractivity contribution is -0.119. The zero-order valence-electron chi connectivity index (χ0n) is 13.5. The highest BCUT2D eigenvalue weighted by Crippen LogP contribution is 2.13. The van der Waals surface area contributed by atoms with Crippen molar-refractivity contribution in [2.45, 2.75) is 6.10 Å². The van der Waals surface area contributed by atoms with E-state index in [2.05, 4.69) is 25.4 Å². The van der Waals surface area contributed by atoms with Crippen LogP contribution in [0.25, 0.3) is 0 Å². The van der Waals surface area contributed by atoms with Crippen LogP contribution in [0.2, 0.25) is 0 Å². The van der Waals surface area contributed by atoms with E-state index >= 15 is 0 Å². The van der Waals surface area contributed by atoms with Crippen LogP contribution < -0.4 is 10.2 Å². The molecule has 0 aromatic carbocycles. The van der Waals surface area contributed by atoms with Gasteiger partial charge in [0.05, 0.1) is 19.3 Å². The monoisotopic (exact) mass is 348 g/mol. The van der Waals surface area contributed by atoms with Crippen molar-refractivity contribution in [1.82, 2.24) is 20.1 Å². The smallest absolute Gasteiger partial charge is 0.240 e. The number of hydrogen-bond donors (Lipinski definition) is 1. The summed E-state index contributed by atoms with van der Waals surface area (Å²) >= 11 is 1.41. The van der Waals surface area contributed by atoms with Crippen molar-refractivity contribution >= 4 is 28.2 Å². The minimum absolute atomic E-state index is 0.0263. The van der Waals surface area contributed by atoms with Crippen LogP contribution in [-0.4, -0.2) is 71.9 Å². The molecule has 3 heterocycles. The summed E-state index contributed by atoms with van der Waals surface area (Å²) in [6.07, 6.45) is 3.35. The Kier molecular flexibility index (Phi) is 5.68. The van der Waals surface area contributed by atoms with Crippen molar-refractivity contribution in [3.8, 4) is 0 Å². The molecule has 0 spiro atoms. The number of morpholine rings is 1. The highest BCUT2D eigenvalue weighted by molar-refractivity contribution is 7.13. The number of likely N-dealkylation sites (N-methyl/N-ethyl adjacent to an activating group) is 1. The van der Waals surface area contributed by atoms with Crippen LogP contribution in [0.5, 0.6) is 0 Å². The maximum atomic E-state index is 12.1. The topological polar surface area (TPSA) is 83.5 Å². The Hall–Kier alpha value is -2.10. The number of carbonyl (C=O) groups excluding carboxylic acids is 1. The first kappa shape index (κ1) is 16.7. The fourth-order valence-corrected chi connectivity index (χ4v) is 3.12. The third kappa shape index (κ3) is 4.70. The number of anilines is 2. The van der Waals surface area contributed by atoms with Crippen LogP contribution in [0.4, 0.5) is 10.9 Å². The van der Waals surface area contributed by atoms with Gasteiger partial charge in [-0.3, -0.25) is 9.69 Å². The molecule has 24 heavy (non-hydrogen) atoms. The number of nitrogens with zero attached hydrogens (tertiary/aromatic N) is 5. The van der Waals surface area contributed by atoms with Crippen LogP contribution >= 0.6 is 11.3 Å². The van der Waals surface area contributed by atoms with E-state index in [1.807, 2.05) is 29.5 Å². The number of rotatable bonds is 6. The van der Waals surface area contributed by atoms with Crippen LogP contribution in [0.15, 0.2) is 29.9 Å². The number of carbonyl (C=O) groups is 1. The van der Waals surface area contributed by atoms with Crippen molar-refractivity contribution < 1.29 is 9.53 Å². The molecule has 1 atom stereocenters. The summed E-state index contributed by atoms with van der Waals surface area (Å²) in [6.45, 7) is 3.10. The number of aromatic nitrogens is 3. The van der Waals surface area contributed by atoms with Gasteiger partial charge in [-0.05, 0) is 12.1 Å². The lowest BCUT2D eigenvalue weighted by Crippen LogP contribution is -2.49. The lowest BCUT2D eigenvalue weighted by Gasteiger charge is -2.34. The SMILES string of the molecule is CN(C[C@@H]1CN(CC(=O)Nc2nccs2)CCO1)c1cccnn1. The van der Waals surface area contributed by atoms with Gasteiger partial charge in [-0.1, -0.05) is 0 Å². The van der Waals surface area contributed by atoms with E-state index in [9.17, 15) is 4.79 Å². The van der Waals surface area contributed by atoms with Gasteiger partial charge in [-0.15, -0.1) is 16.4 Å². The van der Waals surface area contributed by atoms with Gasteiger partial charge in [0.15, 0.2) is 10.9 Å². The molecule has 0 radical (unpaired) electrons. The Morgan fingerprint density at radius 1 is 1.54 bits per heavy atom. The van der Waals surface area contributed by atoms with E-state index in [0.29, 0.717) is 31.4 Å². The van der Waals surface area contributed by atoms with Gasteiger partial charge >= 0.3 is 0 Å². The van der Waals surface area contributed by atoms with E-state index in [0.717, 1.165) is 12.4 Å². The molecule has 1 aliphatic heterocycles. The molecule has 1 aliphatic rings. The summed E-state index contributed by atoms with van der Waals surface area (Å²) in [4.78, 5) is 20.2. The molecule has 1 N–H and O–H groups in total. The molecular formula is C15H20N6O2S. The van der Waals surface area contributed by atoms with Crippen LogP contribution in [0, 0.1) is 0 Å². The van der Waals surface area contributed by atoms with Crippen molar-refractivity contribution in [3.05, 3.63) is 29.9 Å². The number of thiazole rings is 1. The molecular weight excluding hydrogens is 328 g/mol. The summed E-state index contributed by atoms with van der Waals surface area (Å²) in [5.41, 5.74) is 0. The van der Waals surface area contributed by atoms with Crippen molar-refractivity contribution in [1.29, 1.82) is 0 Å². The first-order valence-corrected chi connectivity index (χ1v) is 8.61.